The van der Waals surface area contributed by atoms with E-state index in [2.05, 4.69) is 17.9 Å². The highest BCUT2D eigenvalue weighted by Crippen LogP contribution is 2.35. The Labute approximate surface area is 230 Å². The minimum absolute atomic E-state index is 0.0643. The van der Waals surface area contributed by atoms with Crippen molar-refractivity contribution < 1.29 is 22.7 Å². The van der Waals surface area contributed by atoms with Gasteiger partial charge in [-0.15, -0.1) is 11.0 Å². The summed E-state index contributed by atoms with van der Waals surface area (Å²) in [7, 11) is -2.39. The van der Waals surface area contributed by atoms with Crippen LogP contribution in [-0.4, -0.2) is 44.7 Å². The topological polar surface area (TPSA) is 85.3 Å². The number of thioether (sulfide) groups is 1. The normalized spacial score (nSPS) is 15.8. The van der Waals surface area contributed by atoms with E-state index < -0.39 is 10.0 Å². The number of amides is 1. The lowest BCUT2D eigenvalue weighted by molar-refractivity contribution is -0.121. The Morgan fingerprint density at radius 1 is 1.00 bits per heavy atom. The minimum atomic E-state index is -3.98. The third-order valence-corrected chi connectivity index (χ3v) is 8.33. The molecule has 3 rings (SSSR count). The molecule has 2 aromatic rings. The molecule has 1 fully saturated rings. The van der Waals surface area contributed by atoms with Crippen LogP contribution in [0.5, 0.6) is 11.5 Å². The molecule has 0 unspecified atom stereocenters. The summed E-state index contributed by atoms with van der Waals surface area (Å²) in [4.78, 5) is 14.9. The maximum absolute atomic E-state index is 13.1. The van der Waals surface area contributed by atoms with Crippen molar-refractivity contribution in [3.8, 4) is 11.5 Å². The quantitative estimate of drug-likeness (QED) is 0.138. The predicted octanol–water partition coefficient (Wildman–Crippen LogP) is 6.67. The molecule has 0 N–H and O–H groups in total. The number of ether oxygens (including phenoxy) is 2. The van der Waals surface area contributed by atoms with E-state index in [1.165, 1.54) is 55.2 Å². The van der Waals surface area contributed by atoms with E-state index >= 15 is 0 Å². The van der Waals surface area contributed by atoms with Crippen molar-refractivity contribution in [2.75, 3.05) is 20.3 Å². The molecule has 2 aromatic carbocycles. The zero-order chi connectivity index (χ0) is 27.4. The highest BCUT2D eigenvalue weighted by atomic mass is 32.2. The van der Waals surface area contributed by atoms with Crippen LogP contribution in [0, 0.1) is 0 Å². The highest BCUT2D eigenvalue weighted by molar-refractivity contribution is 8.19. The van der Waals surface area contributed by atoms with E-state index in [9.17, 15) is 13.2 Å². The molecule has 1 amide bonds. The van der Waals surface area contributed by atoms with Crippen molar-refractivity contribution in [1.29, 1.82) is 0 Å². The van der Waals surface area contributed by atoms with Crippen LogP contribution < -0.4 is 9.47 Å². The van der Waals surface area contributed by atoms with Gasteiger partial charge in [0.1, 0.15) is 0 Å². The number of hydrogen-bond acceptors (Lipinski definition) is 6. The summed E-state index contributed by atoms with van der Waals surface area (Å²) in [5.41, 5.74) is 0.738. The number of unbranched alkanes of at least 4 members (excludes halogenated alkanes) is 6. The van der Waals surface area contributed by atoms with Crippen LogP contribution in [-0.2, 0) is 14.8 Å². The Morgan fingerprint density at radius 3 is 2.39 bits per heavy atom. The maximum Gasteiger partial charge on any atom is 0.284 e. The van der Waals surface area contributed by atoms with Gasteiger partial charge < -0.3 is 9.47 Å². The first-order chi connectivity index (χ1) is 18.4. The molecule has 0 bridgehead atoms. The number of amidine groups is 1. The van der Waals surface area contributed by atoms with Crippen LogP contribution in [0.3, 0.4) is 0 Å². The SMILES string of the molecule is C=CCN1C(=O)/C(=C/c2ccc(OC)c(OCCCCCCCCC)c2)SC1=NS(=O)(=O)c1ccccc1. The molecule has 0 aliphatic carbocycles. The molecular formula is C29H36N2O5S2. The van der Waals surface area contributed by atoms with Gasteiger partial charge in [0.05, 0.1) is 23.5 Å². The van der Waals surface area contributed by atoms with Gasteiger partial charge in [-0.25, -0.2) is 0 Å². The van der Waals surface area contributed by atoms with Gasteiger partial charge in [0.15, 0.2) is 16.7 Å². The summed E-state index contributed by atoms with van der Waals surface area (Å²) >= 11 is 1.02. The van der Waals surface area contributed by atoms with Gasteiger partial charge in [-0.1, -0.05) is 75.8 Å². The number of rotatable bonds is 15. The number of benzene rings is 2. The fourth-order valence-corrected chi connectivity index (χ4v) is 6.11. The predicted molar refractivity (Wildman–Crippen MR) is 155 cm³/mol. The van der Waals surface area contributed by atoms with E-state index in [-0.39, 0.29) is 22.5 Å². The second-order valence-corrected chi connectivity index (χ2v) is 11.5. The van der Waals surface area contributed by atoms with Crippen LogP contribution >= 0.6 is 11.8 Å². The first-order valence-electron chi connectivity index (χ1n) is 12.9. The van der Waals surface area contributed by atoms with Crippen LogP contribution in [0.25, 0.3) is 6.08 Å². The summed E-state index contributed by atoms with van der Waals surface area (Å²) in [5.74, 6) is 0.884. The van der Waals surface area contributed by atoms with E-state index in [0.717, 1.165) is 30.2 Å². The Kier molecular flexibility index (Phi) is 11.5. The summed E-state index contributed by atoms with van der Waals surface area (Å²) in [5, 5.41) is 0.0916. The number of sulfonamides is 1. The molecule has 204 valence electrons. The average Bonchev–Trinajstić information content (AvgIpc) is 3.19. The van der Waals surface area contributed by atoms with Crippen molar-refractivity contribution in [3.05, 3.63) is 71.7 Å². The monoisotopic (exact) mass is 556 g/mol. The van der Waals surface area contributed by atoms with Gasteiger partial charge in [0.25, 0.3) is 15.9 Å². The fraction of sp³-hybridized carbons (Fsp3) is 0.379. The molecule has 0 aromatic heterocycles. The van der Waals surface area contributed by atoms with Gasteiger partial charge in [-0.2, -0.15) is 8.42 Å². The molecule has 1 heterocycles. The molecule has 1 aliphatic rings. The summed E-state index contributed by atoms with van der Waals surface area (Å²) in [6, 6.07) is 13.4. The third-order valence-electron chi connectivity index (χ3n) is 5.93. The van der Waals surface area contributed by atoms with Crippen molar-refractivity contribution in [3.63, 3.8) is 0 Å². The van der Waals surface area contributed by atoms with Crippen LogP contribution in [0.4, 0.5) is 0 Å². The van der Waals surface area contributed by atoms with E-state index in [0.29, 0.717) is 23.0 Å². The molecule has 7 nitrogen and oxygen atoms in total. The second-order valence-electron chi connectivity index (χ2n) is 8.86. The lowest BCUT2D eigenvalue weighted by Gasteiger charge is -2.12. The van der Waals surface area contributed by atoms with Gasteiger partial charge in [-0.3, -0.25) is 9.69 Å². The van der Waals surface area contributed by atoms with Gasteiger partial charge in [0, 0.05) is 6.54 Å². The number of nitrogens with zero attached hydrogens (tertiary/aromatic N) is 2. The molecule has 1 aliphatic heterocycles. The maximum atomic E-state index is 13.1. The molecule has 38 heavy (non-hydrogen) atoms. The zero-order valence-corrected chi connectivity index (χ0v) is 23.7. The molecule has 0 radical (unpaired) electrons. The molecule has 0 saturated carbocycles. The van der Waals surface area contributed by atoms with Crippen molar-refractivity contribution in [1.82, 2.24) is 4.90 Å². The standard InChI is InChI=1S/C29H36N2O5S2/c1-4-6-7-8-9-10-14-20-36-26-21-23(17-18-25(26)35-3)22-27-28(32)31(19-5-2)29(37-27)30-38(33,34)24-15-12-11-13-16-24/h5,11-13,15-18,21-22H,2,4,6-10,14,19-20H2,1,3H3/b27-22-,30-29?. The Balaban J connectivity index is 1.75. The van der Waals surface area contributed by atoms with Crippen LogP contribution in [0.15, 0.2) is 75.4 Å². The van der Waals surface area contributed by atoms with Crippen molar-refractivity contribution >= 4 is 38.9 Å². The van der Waals surface area contributed by atoms with Crippen LogP contribution in [0.2, 0.25) is 0 Å². The van der Waals surface area contributed by atoms with Gasteiger partial charge >= 0.3 is 0 Å². The summed E-state index contributed by atoms with van der Waals surface area (Å²) < 4.78 is 41.1. The molecule has 9 heteroatoms. The third kappa shape index (κ3) is 8.23. The Bertz CT molecular complexity index is 1260. The zero-order valence-electron chi connectivity index (χ0n) is 22.1. The number of carbonyl (C=O) groups is 1. The molecule has 1 saturated heterocycles. The average molecular weight is 557 g/mol. The first kappa shape index (κ1) is 29.5. The van der Waals surface area contributed by atoms with Gasteiger partial charge in [-0.05, 0) is 54.1 Å². The lowest BCUT2D eigenvalue weighted by atomic mass is 10.1. The molecule has 0 atom stereocenters. The number of carbonyl (C=O) groups excluding carboxylic acids is 1. The highest BCUT2D eigenvalue weighted by Gasteiger charge is 2.34. The van der Waals surface area contributed by atoms with Gasteiger partial charge in [0.2, 0.25) is 0 Å². The second kappa shape index (κ2) is 14.8. The lowest BCUT2D eigenvalue weighted by Crippen LogP contribution is -2.29. The first-order valence-corrected chi connectivity index (χ1v) is 15.2. The summed E-state index contributed by atoms with van der Waals surface area (Å²) in [6.45, 7) is 6.63. The number of methoxy groups -OCH3 is 1. The molecular weight excluding hydrogens is 520 g/mol. The van der Waals surface area contributed by atoms with Crippen molar-refractivity contribution in [2.24, 2.45) is 4.40 Å². The van der Waals surface area contributed by atoms with E-state index in [4.69, 9.17) is 9.47 Å². The fourth-order valence-electron chi connectivity index (χ4n) is 3.90. The largest absolute Gasteiger partial charge is 0.493 e. The van der Waals surface area contributed by atoms with Crippen LogP contribution in [0.1, 0.15) is 57.4 Å². The van der Waals surface area contributed by atoms with E-state index in [1.807, 2.05) is 12.1 Å². The van der Waals surface area contributed by atoms with Crippen molar-refractivity contribution in [2.45, 2.75) is 56.8 Å². The minimum Gasteiger partial charge on any atom is -0.493 e. The summed E-state index contributed by atoms with van der Waals surface area (Å²) in [6.07, 6.45) is 11.6. The van der Waals surface area contributed by atoms with E-state index in [1.54, 1.807) is 37.5 Å². The Morgan fingerprint density at radius 2 is 1.71 bits per heavy atom. The Hall–Kier alpha value is -3.04. The smallest absolute Gasteiger partial charge is 0.284 e. The molecule has 0 spiro atoms. The number of hydrogen-bond donors (Lipinski definition) is 0.